The number of carbonyl (C=O) groups excluding carboxylic acids is 1. The molecule has 84 valence electrons. The lowest BCUT2D eigenvalue weighted by Crippen LogP contribution is -2.25. The van der Waals surface area contributed by atoms with E-state index in [2.05, 4.69) is 15.9 Å². The van der Waals surface area contributed by atoms with E-state index in [-0.39, 0.29) is 5.91 Å². The second-order valence-electron chi connectivity index (χ2n) is 3.25. The molecule has 1 heterocycles. The molecule has 0 spiro atoms. The summed E-state index contributed by atoms with van der Waals surface area (Å²) in [6, 6.07) is 3.65. The largest absolute Gasteiger partial charge is 0.452 e. The second-order valence-corrected chi connectivity index (χ2v) is 4.41. The van der Waals surface area contributed by atoms with E-state index in [1.165, 1.54) is 0 Å². The molecule has 0 atom stereocenters. The minimum absolute atomic E-state index is 0.0863. The fourth-order valence-electron chi connectivity index (χ4n) is 1.17. The zero-order chi connectivity index (χ0) is 11.3. The first kappa shape index (κ1) is 12.6. The first-order chi connectivity index (χ1) is 7.13. The maximum atomic E-state index is 11.5. The molecule has 0 aliphatic rings. The number of furan rings is 1. The lowest BCUT2D eigenvalue weighted by atomic mass is 10.3. The fraction of sp³-hybridized carbons (Fsp3) is 0.500. The van der Waals surface area contributed by atoms with Crippen LogP contribution in [0.3, 0.4) is 0 Å². The molecule has 3 nitrogen and oxygen atoms in total. The Morgan fingerprint density at radius 3 is 2.87 bits per heavy atom. The van der Waals surface area contributed by atoms with Crippen molar-refractivity contribution in [2.24, 2.45) is 0 Å². The normalized spacial score (nSPS) is 10.3. The Kier molecular flexibility index (Phi) is 5.19. The molecule has 15 heavy (non-hydrogen) atoms. The van der Waals surface area contributed by atoms with Crippen molar-refractivity contribution in [2.45, 2.75) is 19.4 Å². The minimum Gasteiger partial charge on any atom is -0.452 e. The van der Waals surface area contributed by atoms with Gasteiger partial charge in [0.05, 0.1) is 6.54 Å². The van der Waals surface area contributed by atoms with Crippen LogP contribution in [0.5, 0.6) is 0 Å². The number of nitrogens with zero attached hydrogens (tertiary/aromatic N) is 1. The molecule has 0 unspecified atom stereocenters. The summed E-state index contributed by atoms with van der Waals surface area (Å²) in [5.74, 6) is 1.37. The molecular formula is C10H13BrClNO2. The van der Waals surface area contributed by atoms with Crippen LogP contribution in [0, 0.1) is 0 Å². The summed E-state index contributed by atoms with van der Waals surface area (Å²) in [7, 11) is 1.76. The number of hydrogen-bond donors (Lipinski definition) is 0. The van der Waals surface area contributed by atoms with Gasteiger partial charge in [-0.05, 0) is 34.5 Å². The molecule has 1 aromatic rings. The molecule has 0 N–H and O–H groups in total. The number of rotatable bonds is 5. The smallest absolute Gasteiger partial charge is 0.222 e. The van der Waals surface area contributed by atoms with Crippen LogP contribution in [0.2, 0.25) is 0 Å². The zero-order valence-electron chi connectivity index (χ0n) is 8.50. The zero-order valence-corrected chi connectivity index (χ0v) is 10.8. The van der Waals surface area contributed by atoms with Gasteiger partial charge in [-0.25, -0.2) is 0 Å². The monoisotopic (exact) mass is 293 g/mol. The first-order valence-corrected chi connectivity index (χ1v) is 6.00. The summed E-state index contributed by atoms with van der Waals surface area (Å²) in [6.45, 7) is 0.493. The Balaban J connectivity index is 2.41. The van der Waals surface area contributed by atoms with Crippen LogP contribution in [-0.2, 0) is 11.3 Å². The van der Waals surface area contributed by atoms with Crippen molar-refractivity contribution in [3.63, 3.8) is 0 Å². The molecule has 5 heteroatoms. The number of hydrogen-bond acceptors (Lipinski definition) is 2. The second kappa shape index (κ2) is 6.18. The van der Waals surface area contributed by atoms with Crippen LogP contribution < -0.4 is 0 Å². The van der Waals surface area contributed by atoms with Crippen molar-refractivity contribution in [1.29, 1.82) is 0 Å². The Labute approximate surface area is 103 Å². The summed E-state index contributed by atoms with van der Waals surface area (Å²) in [6.07, 6.45) is 1.20. The highest BCUT2D eigenvalue weighted by molar-refractivity contribution is 9.10. The average molecular weight is 295 g/mol. The number of halogens is 2. The van der Waals surface area contributed by atoms with Crippen molar-refractivity contribution < 1.29 is 9.21 Å². The lowest BCUT2D eigenvalue weighted by molar-refractivity contribution is -0.130. The summed E-state index contributed by atoms with van der Waals surface area (Å²) in [5.41, 5.74) is 0. The number of carbonyl (C=O) groups is 1. The van der Waals surface area contributed by atoms with Crippen molar-refractivity contribution in [1.82, 2.24) is 4.90 Å². The van der Waals surface area contributed by atoms with Gasteiger partial charge in [0.15, 0.2) is 4.67 Å². The van der Waals surface area contributed by atoms with Gasteiger partial charge in [0.2, 0.25) is 5.91 Å². The molecule has 1 rings (SSSR count). The third-order valence-corrected chi connectivity index (χ3v) is 2.67. The van der Waals surface area contributed by atoms with Gasteiger partial charge in [0.25, 0.3) is 0 Å². The van der Waals surface area contributed by atoms with E-state index < -0.39 is 0 Å². The minimum atomic E-state index is 0.0863. The highest BCUT2D eigenvalue weighted by atomic mass is 79.9. The van der Waals surface area contributed by atoms with E-state index in [0.717, 1.165) is 5.76 Å². The molecule has 0 aromatic carbocycles. The molecular weight excluding hydrogens is 281 g/mol. The lowest BCUT2D eigenvalue weighted by Gasteiger charge is -2.15. The number of amides is 1. The molecule has 0 radical (unpaired) electrons. The third-order valence-electron chi connectivity index (χ3n) is 1.97. The quantitative estimate of drug-likeness (QED) is 0.782. The SMILES string of the molecule is CN(Cc1ccc(Br)o1)C(=O)CCCCl. The van der Waals surface area contributed by atoms with Crippen molar-refractivity contribution in [3.05, 3.63) is 22.6 Å². The van der Waals surface area contributed by atoms with Gasteiger partial charge in [-0.2, -0.15) is 0 Å². The van der Waals surface area contributed by atoms with E-state index in [1.807, 2.05) is 12.1 Å². The summed E-state index contributed by atoms with van der Waals surface area (Å²) in [5, 5.41) is 0. The van der Waals surface area contributed by atoms with Gasteiger partial charge in [-0.1, -0.05) is 0 Å². The maximum Gasteiger partial charge on any atom is 0.222 e. The van der Waals surface area contributed by atoms with Crippen molar-refractivity contribution in [2.75, 3.05) is 12.9 Å². The predicted octanol–water partition coefficient (Wildman–Crippen LogP) is 3.02. The van der Waals surface area contributed by atoms with Gasteiger partial charge in [0, 0.05) is 19.3 Å². The Hall–Kier alpha value is -0.480. The maximum absolute atomic E-state index is 11.5. The molecule has 0 bridgehead atoms. The van der Waals surface area contributed by atoms with Gasteiger partial charge in [-0.3, -0.25) is 4.79 Å². The van der Waals surface area contributed by atoms with Crippen molar-refractivity contribution >= 4 is 33.4 Å². The molecule has 0 fully saturated rings. The van der Waals surface area contributed by atoms with E-state index in [9.17, 15) is 4.79 Å². The van der Waals surface area contributed by atoms with E-state index in [1.54, 1.807) is 11.9 Å². The Morgan fingerprint density at radius 2 is 2.33 bits per heavy atom. The molecule has 1 amide bonds. The summed E-state index contributed by atoms with van der Waals surface area (Å²) < 4.78 is 5.99. The van der Waals surface area contributed by atoms with Gasteiger partial charge >= 0.3 is 0 Å². The van der Waals surface area contributed by atoms with Gasteiger partial charge in [-0.15, -0.1) is 11.6 Å². The summed E-state index contributed by atoms with van der Waals surface area (Å²) >= 11 is 8.73. The van der Waals surface area contributed by atoms with Crippen LogP contribution in [0.15, 0.2) is 21.2 Å². The number of alkyl halides is 1. The first-order valence-electron chi connectivity index (χ1n) is 4.67. The van der Waals surface area contributed by atoms with Crippen LogP contribution in [0.1, 0.15) is 18.6 Å². The Morgan fingerprint density at radius 1 is 1.60 bits per heavy atom. The molecule has 0 aliphatic heterocycles. The van der Waals surface area contributed by atoms with Crippen LogP contribution in [0.25, 0.3) is 0 Å². The third kappa shape index (κ3) is 4.26. The fourth-order valence-corrected chi connectivity index (χ4v) is 1.64. The highest BCUT2D eigenvalue weighted by Crippen LogP contribution is 2.15. The molecule has 0 saturated carbocycles. The molecule has 0 saturated heterocycles. The highest BCUT2D eigenvalue weighted by Gasteiger charge is 2.10. The van der Waals surface area contributed by atoms with Gasteiger partial charge in [0.1, 0.15) is 5.76 Å². The molecule has 1 aromatic heterocycles. The van der Waals surface area contributed by atoms with Crippen LogP contribution in [-0.4, -0.2) is 23.7 Å². The van der Waals surface area contributed by atoms with E-state index in [0.29, 0.717) is 29.9 Å². The van der Waals surface area contributed by atoms with Crippen LogP contribution >= 0.6 is 27.5 Å². The molecule has 0 aliphatic carbocycles. The van der Waals surface area contributed by atoms with E-state index >= 15 is 0 Å². The van der Waals surface area contributed by atoms with Crippen molar-refractivity contribution in [3.8, 4) is 0 Å². The topological polar surface area (TPSA) is 33.5 Å². The predicted molar refractivity (Wildman–Crippen MR) is 62.8 cm³/mol. The van der Waals surface area contributed by atoms with Crippen LogP contribution in [0.4, 0.5) is 0 Å². The average Bonchev–Trinajstić information content (AvgIpc) is 2.60. The van der Waals surface area contributed by atoms with Gasteiger partial charge < -0.3 is 9.32 Å². The van der Waals surface area contributed by atoms with E-state index in [4.69, 9.17) is 16.0 Å². The standard InChI is InChI=1S/C10H13BrClNO2/c1-13(10(14)3-2-6-12)7-8-4-5-9(11)15-8/h4-5H,2-3,6-7H2,1H3. The summed E-state index contributed by atoms with van der Waals surface area (Å²) in [4.78, 5) is 13.2. The Bertz CT molecular complexity index is 327.